The second-order valence-corrected chi connectivity index (χ2v) is 5.06. The highest BCUT2D eigenvalue weighted by Gasteiger charge is 2.36. The van der Waals surface area contributed by atoms with E-state index in [9.17, 15) is 0 Å². The Balaban J connectivity index is 2.05. The van der Waals surface area contributed by atoms with Crippen molar-refractivity contribution in [3.63, 3.8) is 0 Å². The van der Waals surface area contributed by atoms with Crippen LogP contribution in [-0.4, -0.2) is 6.10 Å². The van der Waals surface area contributed by atoms with Crippen molar-refractivity contribution in [2.45, 2.75) is 37.7 Å². The van der Waals surface area contributed by atoms with Crippen molar-refractivity contribution < 1.29 is 4.74 Å². The van der Waals surface area contributed by atoms with E-state index in [0.29, 0.717) is 12.0 Å². The summed E-state index contributed by atoms with van der Waals surface area (Å²) in [7, 11) is 0. The zero-order chi connectivity index (χ0) is 9.54. The molecule has 1 heterocycles. The summed E-state index contributed by atoms with van der Waals surface area (Å²) >= 11 is 3.56. The van der Waals surface area contributed by atoms with Gasteiger partial charge in [0.15, 0.2) is 0 Å². The lowest BCUT2D eigenvalue weighted by atomic mass is 9.83. The largest absolute Gasteiger partial charge is 0.488 e. The highest BCUT2D eigenvalue weighted by molar-refractivity contribution is 9.10. The van der Waals surface area contributed by atoms with Gasteiger partial charge in [-0.15, -0.1) is 0 Å². The van der Waals surface area contributed by atoms with Gasteiger partial charge in [-0.2, -0.15) is 0 Å². The van der Waals surface area contributed by atoms with Crippen LogP contribution in [0, 0.1) is 0 Å². The standard InChI is InChI=1S/C12H13BrO/c13-10-6-3-5-9-8-4-1-2-7-11(8)14-12(9)10/h3,5-6,8,11H,1-2,4,7H2. The van der Waals surface area contributed by atoms with E-state index in [-0.39, 0.29) is 0 Å². The van der Waals surface area contributed by atoms with Gasteiger partial charge < -0.3 is 4.74 Å². The van der Waals surface area contributed by atoms with Gasteiger partial charge in [0.1, 0.15) is 11.9 Å². The zero-order valence-corrected chi connectivity index (χ0v) is 9.59. The van der Waals surface area contributed by atoms with Gasteiger partial charge in [0.2, 0.25) is 0 Å². The molecule has 1 aliphatic heterocycles. The van der Waals surface area contributed by atoms with Crippen LogP contribution >= 0.6 is 15.9 Å². The average molecular weight is 253 g/mol. The predicted octanol–water partition coefficient (Wildman–Crippen LogP) is 3.87. The zero-order valence-electron chi connectivity index (χ0n) is 8.00. The fourth-order valence-electron chi connectivity index (χ4n) is 2.69. The molecule has 1 saturated carbocycles. The van der Waals surface area contributed by atoms with E-state index in [4.69, 9.17) is 4.74 Å². The van der Waals surface area contributed by atoms with Gasteiger partial charge >= 0.3 is 0 Å². The van der Waals surface area contributed by atoms with Crippen LogP contribution in [0.15, 0.2) is 22.7 Å². The number of para-hydroxylation sites is 1. The molecule has 0 spiro atoms. The third kappa shape index (κ3) is 1.20. The number of hydrogen-bond acceptors (Lipinski definition) is 1. The van der Waals surface area contributed by atoms with Crippen LogP contribution in [0.5, 0.6) is 5.75 Å². The second-order valence-electron chi connectivity index (χ2n) is 4.21. The SMILES string of the molecule is Brc1cccc2c1OC1CCCCC21. The molecule has 2 heteroatoms. The molecule has 0 amide bonds. The molecule has 2 atom stereocenters. The van der Waals surface area contributed by atoms with Crippen LogP contribution in [0.25, 0.3) is 0 Å². The molecule has 1 nitrogen and oxygen atoms in total. The number of halogens is 1. The minimum atomic E-state index is 0.456. The summed E-state index contributed by atoms with van der Waals surface area (Å²) in [5.74, 6) is 1.76. The molecule has 0 radical (unpaired) electrons. The third-order valence-corrected chi connectivity index (χ3v) is 3.99. The summed E-state index contributed by atoms with van der Waals surface area (Å²) < 4.78 is 7.11. The lowest BCUT2D eigenvalue weighted by Gasteiger charge is -2.23. The van der Waals surface area contributed by atoms with Gasteiger partial charge in [0, 0.05) is 11.5 Å². The maximum atomic E-state index is 5.99. The first-order valence-corrected chi connectivity index (χ1v) is 6.10. The smallest absolute Gasteiger partial charge is 0.137 e. The second kappa shape index (κ2) is 3.27. The number of fused-ring (bicyclic) bond motifs is 3. The summed E-state index contributed by atoms with van der Waals surface area (Å²) in [4.78, 5) is 0. The van der Waals surface area contributed by atoms with E-state index in [0.717, 1.165) is 10.2 Å². The van der Waals surface area contributed by atoms with Gasteiger partial charge in [0.05, 0.1) is 4.47 Å². The fourth-order valence-corrected chi connectivity index (χ4v) is 3.16. The van der Waals surface area contributed by atoms with E-state index in [2.05, 4.69) is 34.1 Å². The van der Waals surface area contributed by atoms with Crippen molar-refractivity contribution in [1.29, 1.82) is 0 Å². The molecule has 0 saturated heterocycles. The van der Waals surface area contributed by atoms with Gasteiger partial charge in [-0.1, -0.05) is 18.6 Å². The van der Waals surface area contributed by atoms with E-state index in [1.807, 2.05) is 0 Å². The molecule has 1 aromatic rings. The van der Waals surface area contributed by atoms with Crippen LogP contribution in [0.4, 0.5) is 0 Å². The molecule has 1 fully saturated rings. The van der Waals surface area contributed by atoms with Crippen molar-refractivity contribution in [1.82, 2.24) is 0 Å². The fraction of sp³-hybridized carbons (Fsp3) is 0.500. The topological polar surface area (TPSA) is 9.23 Å². The number of rotatable bonds is 0. The molecule has 74 valence electrons. The van der Waals surface area contributed by atoms with E-state index in [1.165, 1.54) is 31.2 Å². The van der Waals surface area contributed by atoms with Crippen LogP contribution in [0.1, 0.15) is 37.2 Å². The Morgan fingerprint density at radius 3 is 3.00 bits per heavy atom. The Hall–Kier alpha value is -0.500. The number of ether oxygens (including phenoxy) is 1. The molecular formula is C12H13BrO. The highest BCUT2D eigenvalue weighted by atomic mass is 79.9. The maximum Gasteiger partial charge on any atom is 0.137 e. The van der Waals surface area contributed by atoms with Gasteiger partial charge in [-0.25, -0.2) is 0 Å². The molecular weight excluding hydrogens is 240 g/mol. The normalized spacial score (nSPS) is 29.2. The molecule has 2 aliphatic rings. The first kappa shape index (κ1) is 8.78. The number of benzene rings is 1. The Morgan fingerprint density at radius 2 is 2.07 bits per heavy atom. The average Bonchev–Trinajstić information content (AvgIpc) is 2.59. The molecule has 1 aromatic carbocycles. The molecule has 2 unspecified atom stereocenters. The van der Waals surface area contributed by atoms with Gasteiger partial charge in [0.25, 0.3) is 0 Å². The lowest BCUT2D eigenvalue weighted by molar-refractivity contribution is 0.163. The van der Waals surface area contributed by atoms with Crippen molar-refractivity contribution >= 4 is 15.9 Å². The lowest BCUT2D eigenvalue weighted by Crippen LogP contribution is -2.22. The monoisotopic (exact) mass is 252 g/mol. The summed E-state index contributed by atoms with van der Waals surface area (Å²) in [6, 6.07) is 6.40. The molecule has 0 N–H and O–H groups in total. The van der Waals surface area contributed by atoms with Crippen molar-refractivity contribution in [3.05, 3.63) is 28.2 Å². The van der Waals surface area contributed by atoms with Crippen molar-refractivity contribution in [3.8, 4) is 5.75 Å². The van der Waals surface area contributed by atoms with Crippen LogP contribution < -0.4 is 4.74 Å². The quantitative estimate of drug-likeness (QED) is 0.682. The van der Waals surface area contributed by atoms with Crippen LogP contribution in [0.3, 0.4) is 0 Å². The van der Waals surface area contributed by atoms with Gasteiger partial charge in [-0.05, 0) is 41.3 Å². The molecule has 0 bridgehead atoms. The van der Waals surface area contributed by atoms with E-state index in [1.54, 1.807) is 0 Å². The van der Waals surface area contributed by atoms with Crippen molar-refractivity contribution in [2.24, 2.45) is 0 Å². The highest BCUT2D eigenvalue weighted by Crippen LogP contribution is 2.48. The minimum Gasteiger partial charge on any atom is -0.488 e. The van der Waals surface area contributed by atoms with Crippen LogP contribution in [-0.2, 0) is 0 Å². The summed E-state index contributed by atoms with van der Waals surface area (Å²) in [5, 5.41) is 0. The summed E-state index contributed by atoms with van der Waals surface area (Å²) in [6.07, 6.45) is 5.67. The third-order valence-electron chi connectivity index (χ3n) is 3.37. The molecule has 1 aliphatic carbocycles. The summed E-state index contributed by atoms with van der Waals surface area (Å²) in [5.41, 5.74) is 1.42. The predicted molar refractivity (Wildman–Crippen MR) is 59.8 cm³/mol. The Labute approximate surface area is 92.6 Å². The maximum absolute atomic E-state index is 5.99. The van der Waals surface area contributed by atoms with Crippen LogP contribution in [0.2, 0.25) is 0 Å². The van der Waals surface area contributed by atoms with E-state index >= 15 is 0 Å². The van der Waals surface area contributed by atoms with E-state index < -0.39 is 0 Å². The van der Waals surface area contributed by atoms with Gasteiger partial charge in [-0.3, -0.25) is 0 Å². The Morgan fingerprint density at radius 1 is 1.21 bits per heavy atom. The Kier molecular flexibility index (Phi) is 2.05. The van der Waals surface area contributed by atoms with Crippen molar-refractivity contribution in [2.75, 3.05) is 0 Å². The first-order chi connectivity index (χ1) is 6.86. The minimum absolute atomic E-state index is 0.456. The molecule has 14 heavy (non-hydrogen) atoms. The molecule has 0 aromatic heterocycles. The molecule has 3 rings (SSSR count). The Bertz CT molecular complexity index is 361. The number of hydrogen-bond donors (Lipinski definition) is 0. The first-order valence-electron chi connectivity index (χ1n) is 5.31. The summed E-state index contributed by atoms with van der Waals surface area (Å²) in [6.45, 7) is 0.